The van der Waals surface area contributed by atoms with Gasteiger partial charge in [0.25, 0.3) is 0 Å². The van der Waals surface area contributed by atoms with Crippen LogP contribution in [0.25, 0.3) is 0 Å². The molecule has 0 heterocycles. The van der Waals surface area contributed by atoms with Crippen LogP contribution in [-0.2, 0) is 9.84 Å². The second-order valence-electron chi connectivity index (χ2n) is 5.56. The third-order valence-corrected chi connectivity index (χ3v) is 5.59. The van der Waals surface area contributed by atoms with Gasteiger partial charge in [-0.15, -0.1) is 0 Å². The topological polar surface area (TPSA) is 64.6 Å². The Morgan fingerprint density at radius 3 is 2.24 bits per heavy atom. The van der Waals surface area contributed by atoms with Gasteiger partial charge in [-0.05, 0) is 19.3 Å². The predicted molar refractivity (Wildman–Crippen MR) is 84.1 cm³/mol. The molecule has 5 nitrogen and oxygen atoms in total. The van der Waals surface area contributed by atoms with Gasteiger partial charge in [0.15, 0.2) is 0 Å². The Labute approximate surface area is 126 Å². The lowest BCUT2D eigenvalue weighted by molar-refractivity contribution is 0.394. The van der Waals surface area contributed by atoms with Crippen molar-refractivity contribution in [3.63, 3.8) is 0 Å². The van der Waals surface area contributed by atoms with Gasteiger partial charge >= 0.3 is 0 Å². The van der Waals surface area contributed by atoms with Crippen LogP contribution in [0.5, 0.6) is 11.5 Å². The number of sulfone groups is 1. The lowest BCUT2D eigenvalue weighted by Crippen LogP contribution is -2.34. The van der Waals surface area contributed by atoms with Crippen LogP contribution in [0, 0.1) is 0 Å². The molecule has 0 saturated heterocycles. The fourth-order valence-electron chi connectivity index (χ4n) is 2.79. The normalized spacial score (nSPS) is 22.6. The van der Waals surface area contributed by atoms with E-state index < -0.39 is 9.84 Å². The van der Waals surface area contributed by atoms with Crippen LogP contribution in [0.2, 0.25) is 0 Å². The van der Waals surface area contributed by atoms with Gasteiger partial charge in [0.05, 0.1) is 19.5 Å². The molecule has 1 aromatic rings. The molecule has 0 radical (unpaired) electrons. The van der Waals surface area contributed by atoms with E-state index in [9.17, 15) is 8.42 Å². The zero-order valence-corrected chi connectivity index (χ0v) is 13.6. The van der Waals surface area contributed by atoms with Crippen LogP contribution in [0.3, 0.4) is 0 Å². The van der Waals surface area contributed by atoms with Crippen molar-refractivity contribution in [2.45, 2.75) is 37.0 Å². The van der Waals surface area contributed by atoms with E-state index in [0.717, 1.165) is 24.9 Å². The van der Waals surface area contributed by atoms with E-state index in [1.807, 2.05) is 18.2 Å². The molecule has 6 heteroatoms. The number of ether oxygens (including phenoxy) is 2. The maximum Gasteiger partial charge on any atom is 0.150 e. The number of rotatable bonds is 5. The lowest BCUT2D eigenvalue weighted by atomic mass is 9.94. The second kappa shape index (κ2) is 6.56. The minimum absolute atomic E-state index is 0.162. The molecule has 0 amide bonds. The Balaban J connectivity index is 2.10. The summed E-state index contributed by atoms with van der Waals surface area (Å²) in [7, 11) is 0.254. The van der Waals surface area contributed by atoms with Gasteiger partial charge in [0.1, 0.15) is 21.3 Å². The summed E-state index contributed by atoms with van der Waals surface area (Å²) in [6, 6.07) is 5.76. The van der Waals surface area contributed by atoms with Gasteiger partial charge in [0.2, 0.25) is 0 Å². The number of hydrogen-bond donors (Lipinski definition) is 1. The summed E-state index contributed by atoms with van der Waals surface area (Å²) in [5.41, 5.74) is 0.894. The van der Waals surface area contributed by atoms with Gasteiger partial charge < -0.3 is 14.8 Å². The van der Waals surface area contributed by atoms with Crippen molar-refractivity contribution in [1.29, 1.82) is 0 Å². The first kappa shape index (κ1) is 15.9. The van der Waals surface area contributed by atoms with Crippen molar-refractivity contribution in [2.24, 2.45) is 0 Å². The SMILES string of the molecule is COc1cc(NC2CCCC(S(C)(=O)=O)C2)cc(OC)c1. The van der Waals surface area contributed by atoms with E-state index in [0.29, 0.717) is 17.9 Å². The molecule has 0 spiro atoms. The van der Waals surface area contributed by atoms with Gasteiger partial charge in [-0.3, -0.25) is 0 Å². The van der Waals surface area contributed by atoms with Gasteiger partial charge in [-0.2, -0.15) is 0 Å². The highest BCUT2D eigenvalue weighted by atomic mass is 32.2. The highest BCUT2D eigenvalue weighted by Crippen LogP contribution is 2.30. The predicted octanol–water partition coefficient (Wildman–Crippen LogP) is 2.47. The number of nitrogens with one attached hydrogen (secondary N) is 1. The molecular weight excluding hydrogens is 290 g/mol. The third-order valence-electron chi connectivity index (χ3n) is 3.95. The number of hydrogen-bond acceptors (Lipinski definition) is 5. The van der Waals surface area contributed by atoms with Crippen LogP contribution in [0.4, 0.5) is 5.69 Å². The van der Waals surface area contributed by atoms with E-state index in [1.54, 1.807) is 14.2 Å². The van der Waals surface area contributed by atoms with Crippen molar-refractivity contribution >= 4 is 15.5 Å². The van der Waals surface area contributed by atoms with Crippen LogP contribution in [0.15, 0.2) is 18.2 Å². The molecular formula is C15H23NO4S. The van der Waals surface area contributed by atoms with Crippen molar-refractivity contribution in [3.8, 4) is 11.5 Å². The first-order chi connectivity index (χ1) is 9.92. The summed E-state index contributed by atoms with van der Waals surface area (Å²) in [6.45, 7) is 0. The van der Waals surface area contributed by atoms with Crippen LogP contribution in [-0.4, -0.2) is 40.2 Å². The Morgan fingerprint density at radius 2 is 1.71 bits per heavy atom. The van der Waals surface area contributed by atoms with E-state index in [2.05, 4.69) is 5.32 Å². The fourth-order valence-corrected chi connectivity index (χ4v) is 3.97. The Bertz CT molecular complexity index is 563. The van der Waals surface area contributed by atoms with E-state index in [-0.39, 0.29) is 11.3 Å². The Kier molecular flexibility index (Phi) is 4.98. The molecule has 21 heavy (non-hydrogen) atoms. The van der Waals surface area contributed by atoms with E-state index in [4.69, 9.17) is 9.47 Å². The quantitative estimate of drug-likeness (QED) is 0.904. The summed E-state index contributed by atoms with van der Waals surface area (Å²) in [6.07, 6.45) is 4.65. The highest BCUT2D eigenvalue weighted by Gasteiger charge is 2.28. The molecule has 0 aliphatic heterocycles. The molecule has 0 bridgehead atoms. The number of benzene rings is 1. The molecule has 1 aliphatic carbocycles. The van der Waals surface area contributed by atoms with Crippen molar-refractivity contribution < 1.29 is 17.9 Å². The van der Waals surface area contributed by atoms with Crippen LogP contribution < -0.4 is 14.8 Å². The Morgan fingerprint density at radius 1 is 1.10 bits per heavy atom. The fraction of sp³-hybridized carbons (Fsp3) is 0.600. The summed E-state index contributed by atoms with van der Waals surface area (Å²) >= 11 is 0. The summed E-state index contributed by atoms with van der Waals surface area (Å²) in [5.74, 6) is 1.43. The highest BCUT2D eigenvalue weighted by molar-refractivity contribution is 7.91. The van der Waals surface area contributed by atoms with Crippen molar-refractivity contribution in [3.05, 3.63) is 18.2 Å². The molecule has 1 N–H and O–H groups in total. The van der Waals surface area contributed by atoms with Crippen LogP contribution in [0.1, 0.15) is 25.7 Å². The van der Waals surface area contributed by atoms with Gasteiger partial charge in [-0.1, -0.05) is 6.42 Å². The van der Waals surface area contributed by atoms with E-state index >= 15 is 0 Å². The summed E-state index contributed by atoms with van der Waals surface area (Å²) in [5, 5.41) is 3.17. The first-order valence-electron chi connectivity index (χ1n) is 7.11. The average Bonchev–Trinajstić information content (AvgIpc) is 2.46. The minimum Gasteiger partial charge on any atom is -0.497 e. The number of anilines is 1. The molecule has 2 rings (SSSR count). The van der Waals surface area contributed by atoms with Crippen molar-refractivity contribution in [2.75, 3.05) is 25.8 Å². The molecule has 1 fully saturated rings. The van der Waals surface area contributed by atoms with Gasteiger partial charge in [0, 0.05) is 36.2 Å². The maximum absolute atomic E-state index is 11.7. The smallest absolute Gasteiger partial charge is 0.150 e. The summed E-state index contributed by atoms with van der Waals surface area (Å²) in [4.78, 5) is 0. The summed E-state index contributed by atoms with van der Waals surface area (Å²) < 4.78 is 33.9. The maximum atomic E-state index is 11.7. The molecule has 2 unspecified atom stereocenters. The largest absolute Gasteiger partial charge is 0.497 e. The molecule has 1 aromatic carbocycles. The average molecular weight is 313 g/mol. The monoisotopic (exact) mass is 313 g/mol. The molecule has 1 saturated carbocycles. The zero-order valence-electron chi connectivity index (χ0n) is 12.8. The molecule has 1 aliphatic rings. The lowest BCUT2D eigenvalue weighted by Gasteiger charge is -2.29. The Hall–Kier alpha value is -1.43. The second-order valence-corrected chi connectivity index (χ2v) is 7.89. The molecule has 118 valence electrons. The zero-order chi connectivity index (χ0) is 15.5. The van der Waals surface area contributed by atoms with Crippen LogP contribution >= 0.6 is 0 Å². The van der Waals surface area contributed by atoms with E-state index in [1.165, 1.54) is 6.26 Å². The molecule has 0 aromatic heterocycles. The molecule has 2 atom stereocenters. The third kappa shape index (κ3) is 4.27. The minimum atomic E-state index is -2.97. The standard InChI is InChI=1S/C15H23NO4S/c1-19-13-7-12(8-14(10-13)20-2)16-11-5-4-6-15(9-11)21(3,17)18/h7-8,10-11,15-16H,4-6,9H2,1-3H3. The van der Waals surface area contributed by atoms with Gasteiger partial charge in [-0.25, -0.2) is 8.42 Å². The number of methoxy groups -OCH3 is 2. The first-order valence-corrected chi connectivity index (χ1v) is 9.06. The van der Waals surface area contributed by atoms with Crippen molar-refractivity contribution in [1.82, 2.24) is 0 Å².